The average Bonchev–Trinajstić information content (AvgIpc) is 2.70. The van der Waals surface area contributed by atoms with Gasteiger partial charge in [-0.25, -0.2) is 0 Å². The fraction of sp³-hybridized carbons (Fsp3) is 0.667. The van der Waals surface area contributed by atoms with Gasteiger partial charge in [-0.3, -0.25) is 14.9 Å². The first kappa shape index (κ1) is 13.5. The maximum atomic E-state index is 12.5. The van der Waals surface area contributed by atoms with Gasteiger partial charge in [0, 0.05) is 19.0 Å². The molecule has 1 saturated heterocycles. The van der Waals surface area contributed by atoms with Crippen molar-refractivity contribution in [2.24, 2.45) is 0 Å². The lowest BCUT2D eigenvalue weighted by atomic mass is 9.97. The van der Waals surface area contributed by atoms with E-state index in [2.05, 4.69) is 5.16 Å². The van der Waals surface area contributed by atoms with Gasteiger partial charge in [0.1, 0.15) is 0 Å². The Hall–Kier alpha value is -1.92. The van der Waals surface area contributed by atoms with Crippen LogP contribution in [-0.2, 0) is 0 Å². The topological polar surface area (TPSA) is 89.5 Å². The van der Waals surface area contributed by atoms with E-state index in [1.807, 2.05) is 13.8 Å². The molecule has 0 aliphatic carbocycles. The minimum absolute atomic E-state index is 0.0608. The van der Waals surface area contributed by atoms with Crippen LogP contribution in [0, 0.1) is 17.0 Å². The van der Waals surface area contributed by atoms with Gasteiger partial charge in [0.25, 0.3) is 5.91 Å². The molecule has 0 aromatic carbocycles. The summed E-state index contributed by atoms with van der Waals surface area (Å²) in [5.74, 6) is -0.353. The van der Waals surface area contributed by atoms with E-state index in [9.17, 15) is 14.9 Å². The summed E-state index contributed by atoms with van der Waals surface area (Å²) in [5, 5.41) is 14.6. The normalized spacial score (nSPS) is 23.4. The number of piperidine rings is 1. The van der Waals surface area contributed by atoms with Gasteiger partial charge in [0.05, 0.1) is 4.92 Å². The number of hydrogen-bond donors (Lipinski definition) is 0. The number of nitro groups is 1. The Balaban J connectivity index is 2.36. The van der Waals surface area contributed by atoms with Crippen LogP contribution in [0.3, 0.4) is 0 Å². The van der Waals surface area contributed by atoms with Gasteiger partial charge >= 0.3 is 5.69 Å². The summed E-state index contributed by atoms with van der Waals surface area (Å²) >= 11 is 0. The van der Waals surface area contributed by atoms with E-state index in [-0.39, 0.29) is 29.2 Å². The van der Waals surface area contributed by atoms with E-state index >= 15 is 0 Å². The zero-order valence-electron chi connectivity index (χ0n) is 11.3. The molecular weight excluding hydrogens is 250 g/mol. The molecule has 1 aromatic heterocycles. The molecule has 1 aromatic rings. The minimum atomic E-state index is -0.613. The Morgan fingerprint density at radius 2 is 2.00 bits per heavy atom. The van der Waals surface area contributed by atoms with Crippen LogP contribution in [0.1, 0.15) is 49.4 Å². The summed E-state index contributed by atoms with van der Waals surface area (Å²) in [6.45, 7) is 5.34. The summed E-state index contributed by atoms with van der Waals surface area (Å²) in [7, 11) is 0. The largest absolute Gasteiger partial charge is 0.353 e. The first-order valence-electron chi connectivity index (χ1n) is 6.36. The zero-order valence-corrected chi connectivity index (χ0v) is 11.3. The third-order valence-corrected chi connectivity index (χ3v) is 3.64. The Labute approximate surface area is 110 Å². The molecule has 1 fully saturated rings. The molecule has 0 unspecified atom stereocenters. The standard InChI is InChI=1S/C12H17N3O4/c1-7-5-4-6-8(2)14(7)12(16)10-11(15(17)18)9(3)19-13-10/h7-8H,4-6H2,1-3H3/t7-,8-/m1/s1. The van der Waals surface area contributed by atoms with Crippen LogP contribution in [0.5, 0.6) is 0 Å². The van der Waals surface area contributed by atoms with Crippen LogP contribution in [0.15, 0.2) is 4.52 Å². The molecule has 0 radical (unpaired) electrons. The third-order valence-electron chi connectivity index (χ3n) is 3.64. The first-order valence-corrected chi connectivity index (χ1v) is 6.36. The number of aryl methyl sites for hydroxylation is 1. The van der Waals surface area contributed by atoms with E-state index in [0.717, 1.165) is 19.3 Å². The van der Waals surface area contributed by atoms with Crippen LogP contribution < -0.4 is 0 Å². The van der Waals surface area contributed by atoms with Crippen molar-refractivity contribution < 1.29 is 14.2 Å². The van der Waals surface area contributed by atoms with Crippen molar-refractivity contribution in [3.63, 3.8) is 0 Å². The average molecular weight is 267 g/mol. The van der Waals surface area contributed by atoms with Gasteiger partial charge in [0.15, 0.2) is 0 Å². The van der Waals surface area contributed by atoms with Crippen LogP contribution >= 0.6 is 0 Å². The molecule has 1 amide bonds. The highest BCUT2D eigenvalue weighted by Gasteiger charge is 2.37. The first-order chi connectivity index (χ1) is 8.93. The highest BCUT2D eigenvalue weighted by Crippen LogP contribution is 2.29. The van der Waals surface area contributed by atoms with Gasteiger partial charge in [-0.05, 0) is 33.1 Å². The number of carbonyl (C=O) groups is 1. The molecule has 2 heterocycles. The molecule has 0 spiro atoms. The van der Waals surface area contributed by atoms with Crippen molar-refractivity contribution in [1.29, 1.82) is 0 Å². The fourth-order valence-electron chi connectivity index (χ4n) is 2.67. The number of carbonyl (C=O) groups excluding carboxylic acids is 1. The van der Waals surface area contributed by atoms with Crippen molar-refractivity contribution in [3.8, 4) is 0 Å². The molecule has 0 N–H and O–H groups in total. The van der Waals surface area contributed by atoms with Gasteiger partial charge in [-0.1, -0.05) is 5.16 Å². The monoisotopic (exact) mass is 267 g/mol. The molecule has 19 heavy (non-hydrogen) atoms. The second kappa shape index (κ2) is 4.99. The fourth-order valence-corrected chi connectivity index (χ4v) is 2.67. The number of likely N-dealkylation sites (tertiary alicyclic amines) is 1. The van der Waals surface area contributed by atoms with E-state index in [1.165, 1.54) is 6.92 Å². The second-order valence-electron chi connectivity index (χ2n) is 5.03. The number of rotatable bonds is 2. The predicted octanol–water partition coefficient (Wildman–Crippen LogP) is 2.29. The van der Waals surface area contributed by atoms with Crippen molar-refractivity contribution in [3.05, 3.63) is 21.6 Å². The lowest BCUT2D eigenvalue weighted by Crippen LogP contribution is -2.47. The second-order valence-corrected chi connectivity index (χ2v) is 5.03. The van der Waals surface area contributed by atoms with E-state index < -0.39 is 10.8 Å². The third kappa shape index (κ3) is 2.32. The number of aromatic nitrogens is 1. The van der Waals surface area contributed by atoms with Crippen LogP contribution in [0.2, 0.25) is 0 Å². The van der Waals surface area contributed by atoms with Crippen molar-refractivity contribution in [1.82, 2.24) is 10.1 Å². The Kier molecular flexibility index (Phi) is 3.55. The van der Waals surface area contributed by atoms with E-state index in [4.69, 9.17) is 4.52 Å². The highest BCUT2D eigenvalue weighted by molar-refractivity contribution is 5.96. The maximum Gasteiger partial charge on any atom is 0.344 e. The molecule has 0 bridgehead atoms. The van der Waals surface area contributed by atoms with Crippen molar-refractivity contribution >= 4 is 11.6 Å². The summed E-state index contributed by atoms with van der Waals surface area (Å²) in [5.41, 5.74) is -0.516. The van der Waals surface area contributed by atoms with Gasteiger partial charge in [-0.15, -0.1) is 0 Å². The Morgan fingerprint density at radius 1 is 1.42 bits per heavy atom. The summed E-state index contributed by atoms with van der Waals surface area (Å²) in [6, 6.07) is 0.126. The number of nitrogens with zero attached hydrogens (tertiary/aromatic N) is 3. The van der Waals surface area contributed by atoms with Crippen LogP contribution in [0.4, 0.5) is 5.69 Å². The lowest BCUT2D eigenvalue weighted by molar-refractivity contribution is -0.386. The molecule has 0 saturated carbocycles. The van der Waals surface area contributed by atoms with Crippen molar-refractivity contribution in [2.75, 3.05) is 0 Å². The van der Waals surface area contributed by atoms with Crippen LogP contribution in [0.25, 0.3) is 0 Å². The van der Waals surface area contributed by atoms with Crippen molar-refractivity contribution in [2.45, 2.75) is 52.1 Å². The molecule has 1 aliphatic rings. The number of hydrogen-bond acceptors (Lipinski definition) is 5. The van der Waals surface area contributed by atoms with E-state index in [1.54, 1.807) is 4.90 Å². The molecule has 7 nitrogen and oxygen atoms in total. The Bertz CT molecular complexity index is 501. The summed E-state index contributed by atoms with van der Waals surface area (Å²) in [4.78, 5) is 24.5. The maximum absolute atomic E-state index is 12.5. The molecule has 1 aliphatic heterocycles. The zero-order chi connectivity index (χ0) is 14.2. The van der Waals surface area contributed by atoms with Crippen LogP contribution in [-0.4, -0.2) is 33.0 Å². The summed E-state index contributed by atoms with van der Waals surface area (Å²) < 4.78 is 4.80. The lowest BCUT2D eigenvalue weighted by Gasteiger charge is -2.38. The highest BCUT2D eigenvalue weighted by atomic mass is 16.6. The molecule has 7 heteroatoms. The van der Waals surface area contributed by atoms with E-state index in [0.29, 0.717) is 0 Å². The quantitative estimate of drug-likeness (QED) is 0.605. The molecule has 2 rings (SSSR count). The van der Waals surface area contributed by atoms with Gasteiger partial charge < -0.3 is 9.42 Å². The molecule has 104 valence electrons. The van der Waals surface area contributed by atoms with Gasteiger partial charge in [-0.2, -0.15) is 0 Å². The smallest absolute Gasteiger partial charge is 0.344 e. The van der Waals surface area contributed by atoms with Gasteiger partial charge in [0.2, 0.25) is 11.5 Å². The molecular formula is C12H17N3O4. The SMILES string of the molecule is Cc1onc(C(=O)N2[C@H](C)CCC[C@H]2C)c1[N+](=O)[O-]. The minimum Gasteiger partial charge on any atom is -0.353 e. The Morgan fingerprint density at radius 3 is 2.53 bits per heavy atom. The molecule has 2 atom stereocenters. The number of amides is 1. The predicted molar refractivity (Wildman–Crippen MR) is 66.8 cm³/mol. The summed E-state index contributed by atoms with van der Waals surface area (Å²) in [6.07, 6.45) is 2.87.